The molecule has 116 valence electrons. The third-order valence-electron chi connectivity index (χ3n) is 4.77. The van der Waals surface area contributed by atoms with Gasteiger partial charge in [-0.15, -0.1) is 0 Å². The topological polar surface area (TPSA) is 50.3 Å². The molecule has 2 aliphatic rings. The number of ether oxygens (including phenoxy) is 1. The number of nitrogens with one attached hydrogen (secondary N) is 1. The van der Waals surface area contributed by atoms with Gasteiger partial charge in [0.05, 0.1) is 5.60 Å². The van der Waals surface area contributed by atoms with Crippen LogP contribution < -0.4 is 10.2 Å². The standard InChI is InChI=1S/C16H26N4O/c1-3-17-14-4-9-21-16(11-14)5-7-20(8-6-16)15-10-13(2)18-12-19-15/h10,12,14,17H,3-9,11H2,1-2H3. The predicted molar refractivity (Wildman–Crippen MR) is 83.6 cm³/mol. The van der Waals surface area contributed by atoms with Gasteiger partial charge in [-0.2, -0.15) is 0 Å². The molecule has 0 radical (unpaired) electrons. The first-order valence-electron chi connectivity index (χ1n) is 8.12. The summed E-state index contributed by atoms with van der Waals surface area (Å²) in [5.41, 5.74) is 1.12. The molecule has 2 aliphatic heterocycles. The third-order valence-corrected chi connectivity index (χ3v) is 4.77. The summed E-state index contributed by atoms with van der Waals surface area (Å²) < 4.78 is 6.19. The van der Waals surface area contributed by atoms with E-state index in [1.807, 2.05) is 6.92 Å². The van der Waals surface area contributed by atoms with E-state index in [0.29, 0.717) is 6.04 Å². The Morgan fingerprint density at radius 3 is 2.90 bits per heavy atom. The highest BCUT2D eigenvalue weighted by atomic mass is 16.5. The fourth-order valence-corrected chi connectivity index (χ4v) is 3.60. The van der Waals surface area contributed by atoms with Crippen LogP contribution in [0.1, 0.15) is 38.3 Å². The van der Waals surface area contributed by atoms with Gasteiger partial charge in [-0.3, -0.25) is 0 Å². The summed E-state index contributed by atoms with van der Waals surface area (Å²) in [4.78, 5) is 10.9. The van der Waals surface area contributed by atoms with Crippen molar-refractivity contribution in [2.75, 3.05) is 31.1 Å². The molecule has 3 heterocycles. The van der Waals surface area contributed by atoms with Crippen molar-refractivity contribution in [2.24, 2.45) is 0 Å². The first kappa shape index (κ1) is 14.7. The van der Waals surface area contributed by atoms with E-state index >= 15 is 0 Å². The van der Waals surface area contributed by atoms with Crippen LogP contribution in [0.15, 0.2) is 12.4 Å². The largest absolute Gasteiger partial charge is 0.375 e. The summed E-state index contributed by atoms with van der Waals surface area (Å²) in [5, 5.41) is 3.59. The van der Waals surface area contributed by atoms with Gasteiger partial charge in [0, 0.05) is 37.5 Å². The molecule has 1 atom stereocenters. The maximum absolute atomic E-state index is 6.19. The SMILES string of the molecule is CCNC1CCOC2(CCN(c3cc(C)ncn3)CC2)C1. The highest BCUT2D eigenvalue weighted by Gasteiger charge is 2.40. The van der Waals surface area contributed by atoms with Gasteiger partial charge >= 0.3 is 0 Å². The Morgan fingerprint density at radius 1 is 1.38 bits per heavy atom. The number of aromatic nitrogens is 2. The Morgan fingerprint density at radius 2 is 2.19 bits per heavy atom. The van der Waals surface area contributed by atoms with Gasteiger partial charge in [0.1, 0.15) is 12.1 Å². The van der Waals surface area contributed by atoms with Crippen LogP contribution in [-0.4, -0.2) is 47.9 Å². The lowest BCUT2D eigenvalue weighted by molar-refractivity contribution is -0.102. The normalized spacial score (nSPS) is 25.2. The number of hydrogen-bond donors (Lipinski definition) is 1. The van der Waals surface area contributed by atoms with Crippen LogP contribution >= 0.6 is 0 Å². The summed E-state index contributed by atoms with van der Waals surface area (Å²) in [6.07, 6.45) is 6.14. The van der Waals surface area contributed by atoms with E-state index in [-0.39, 0.29) is 5.60 Å². The quantitative estimate of drug-likeness (QED) is 0.921. The molecule has 2 saturated heterocycles. The number of hydrogen-bond acceptors (Lipinski definition) is 5. The van der Waals surface area contributed by atoms with Crippen LogP contribution in [0.25, 0.3) is 0 Å². The Balaban J connectivity index is 1.61. The summed E-state index contributed by atoms with van der Waals surface area (Å²) >= 11 is 0. The van der Waals surface area contributed by atoms with Crippen molar-refractivity contribution < 1.29 is 4.74 Å². The summed E-state index contributed by atoms with van der Waals surface area (Å²) in [5.74, 6) is 1.05. The van der Waals surface area contributed by atoms with Crippen molar-refractivity contribution in [3.05, 3.63) is 18.1 Å². The lowest BCUT2D eigenvalue weighted by Crippen LogP contribution is -2.53. The minimum Gasteiger partial charge on any atom is -0.375 e. The average Bonchev–Trinajstić information content (AvgIpc) is 2.48. The van der Waals surface area contributed by atoms with Gasteiger partial charge in [0.2, 0.25) is 0 Å². The molecule has 5 heteroatoms. The van der Waals surface area contributed by atoms with Gasteiger partial charge in [-0.1, -0.05) is 6.92 Å². The molecule has 21 heavy (non-hydrogen) atoms. The van der Waals surface area contributed by atoms with E-state index < -0.39 is 0 Å². The minimum atomic E-state index is 0.0870. The molecule has 0 saturated carbocycles. The van der Waals surface area contributed by atoms with Crippen molar-refractivity contribution in [3.63, 3.8) is 0 Å². The maximum Gasteiger partial charge on any atom is 0.132 e. The molecular weight excluding hydrogens is 264 g/mol. The molecule has 1 spiro atoms. The Bertz CT molecular complexity index is 469. The van der Waals surface area contributed by atoms with Crippen LogP contribution in [0, 0.1) is 6.92 Å². The van der Waals surface area contributed by atoms with Gasteiger partial charge < -0.3 is 15.0 Å². The smallest absolute Gasteiger partial charge is 0.132 e. The maximum atomic E-state index is 6.19. The first-order chi connectivity index (χ1) is 10.2. The molecule has 1 aromatic heterocycles. The number of aryl methyl sites for hydroxylation is 1. The fraction of sp³-hybridized carbons (Fsp3) is 0.750. The second kappa shape index (κ2) is 6.28. The average molecular weight is 290 g/mol. The number of rotatable bonds is 3. The molecular formula is C16H26N4O. The molecule has 2 fully saturated rings. The number of piperidine rings is 1. The Hall–Kier alpha value is -1.20. The molecule has 1 aromatic rings. The molecule has 0 aromatic carbocycles. The monoisotopic (exact) mass is 290 g/mol. The van der Waals surface area contributed by atoms with Crippen molar-refractivity contribution >= 4 is 5.82 Å². The summed E-state index contributed by atoms with van der Waals surface area (Å²) in [7, 11) is 0. The predicted octanol–water partition coefficient (Wildman–Crippen LogP) is 1.91. The zero-order valence-electron chi connectivity index (χ0n) is 13.1. The molecule has 0 bridgehead atoms. The van der Waals surface area contributed by atoms with E-state index in [2.05, 4.69) is 33.2 Å². The molecule has 0 aliphatic carbocycles. The zero-order chi connectivity index (χ0) is 14.7. The second-order valence-electron chi connectivity index (χ2n) is 6.28. The first-order valence-corrected chi connectivity index (χ1v) is 8.12. The number of anilines is 1. The van der Waals surface area contributed by atoms with Crippen LogP contribution in [0.2, 0.25) is 0 Å². The van der Waals surface area contributed by atoms with E-state index in [4.69, 9.17) is 4.74 Å². The molecule has 1 unspecified atom stereocenters. The van der Waals surface area contributed by atoms with Gasteiger partial charge in [0.25, 0.3) is 0 Å². The zero-order valence-corrected chi connectivity index (χ0v) is 13.1. The summed E-state index contributed by atoms with van der Waals surface area (Å²) in [6.45, 7) is 8.19. The van der Waals surface area contributed by atoms with Gasteiger partial charge in [-0.05, 0) is 39.2 Å². The lowest BCUT2D eigenvalue weighted by atomic mass is 9.82. The van der Waals surface area contributed by atoms with Gasteiger partial charge in [-0.25, -0.2) is 9.97 Å². The molecule has 5 nitrogen and oxygen atoms in total. The van der Waals surface area contributed by atoms with Crippen molar-refractivity contribution in [1.29, 1.82) is 0 Å². The highest BCUT2D eigenvalue weighted by molar-refractivity contribution is 5.39. The van der Waals surface area contributed by atoms with E-state index in [9.17, 15) is 0 Å². The van der Waals surface area contributed by atoms with E-state index in [0.717, 1.165) is 63.4 Å². The van der Waals surface area contributed by atoms with Crippen molar-refractivity contribution in [3.8, 4) is 0 Å². The van der Waals surface area contributed by atoms with Crippen molar-refractivity contribution in [2.45, 2.75) is 51.2 Å². The van der Waals surface area contributed by atoms with Crippen molar-refractivity contribution in [1.82, 2.24) is 15.3 Å². The summed E-state index contributed by atoms with van der Waals surface area (Å²) in [6, 6.07) is 2.69. The van der Waals surface area contributed by atoms with Crippen LogP contribution in [0.4, 0.5) is 5.82 Å². The lowest BCUT2D eigenvalue weighted by Gasteiger charge is -2.46. The van der Waals surface area contributed by atoms with Crippen LogP contribution in [0.3, 0.4) is 0 Å². The highest BCUT2D eigenvalue weighted by Crippen LogP contribution is 2.36. The van der Waals surface area contributed by atoms with E-state index in [1.165, 1.54) is 0 Å². The van der Waals surface area contributed by atoms with Gasteiger partial charge in [0.15, 0.2) is 0 Å². The fourth-order valence-electron chi connectivity index (χ4n) is 3.60. The Labute approximate surface area is 127 Å². The second-order valence-corrected chi connectivity index (χ2v) is 6.28. The minimum absolute atomic E-state index is 0.0870. The van der Waals surface area contributed by atoms with E-state index in [1.54, 1.807) is 6.33 Å². The molecule has 1 N–H and O–H groups in total. The van der Waals surface area contributed by atoms with Crippen LogP contribution in [0.5, 0.6) is 0 Å². The number of nitrogens with zero attached hydrogens (tertiary/aromatic N) is 3. The third kappa shape index (κ3) is 3.35. The van der Waals surface area contributed by atoms with Crippen LogP contribution in [-0.2, 0) is 4.74 Å². The molecule has 3 rings (SSSR count). The Kier molecular flexibility index (Phi) is 4.40. The molecule has 0 amide bonds.